The Labute approximate surface area is 92.4 Å². The second-order valence-corrected chi connectivity index (χ2v) is 4.58. The summed E-state index contributed by atoms with van der Waals surface area (Å²) in [5, 5.41) is 0. The van der Waals surface area contributed by atoms with E-state index >= 15 is 0 Å². The lowest BCUT2D eigenvalue weighted by molar-refractivity contribution is -0.143. The van der Waals surface area contributed by atoms with Gasteiger partial charge in [0.05, 0.1) is 6.61 Å². The number of esters is 1. The highest BCUT2D eigenvalue weighted by atomic mass is 16.5. The van der Waals surface area contributed by atoms with Crippen LogP contribution in [0.2, 0.25) is 0 Å². The standard InChI is InChI=1S/C12H23NO2/c1-2-15-11(14)7-6-10-12(13)8-4-3-5-9-12/h2-10,13H2,1H3. The van der Waals surface area contributed by atoms with Crippen LogP contribution >= 0.6 is 0 Å². The molecule has 0 bridgehead atoms. The third-order valence-electron chi connectivity index (χ3n) is 3.21. The summed E-state index contributed by atoms with van der Waals surface area (Å²) in [6, 6.07) is 0. The molecule has 2 N–H and O–H groups in total. The highest BCUT2D eigenvalue weighted by molar-refractivity contribution is 5.69. The summed E-state index contributed by atoms with van der Waals surface area (Å²) >= 11 is 0. The van der Waals surface area contributed by atoms with Gasteiger partial charge in [0.15, 0.2) is 0 Å². The molecule has 1 aliphatic carbocycles. The maximum atomic E-state index is 11.1. The Morgan fingerprint density at radius 2 is 2.00 bits per heavy atom. The molecule has 88 valence electrons. The second kappa shape index (κ2) is 6.11. The fourth-order valence-corrected chi connectivity index (χ4v) is 2.32. The predicted molar refractivity (Wildman–Crippen MR) is 60.5 cm³/mol. The number of rotatable bonds is 5. The quantitative estimate of drug-likeness (QED) is 0.713. The van der Waals surface area contributed by atoms with Gasteiger partial charge in [0.25, 0.3) is 0 Å². The van der Waals surface area contributed by atoms with E-state index in [9.17, 15) is 4.79 Å². The van der Waals surface area contributed by atoms with Crippen LogP contribution in [0.15, 0.2) is 0 Å². The molecule has 0 radical (unpaired) electrons. The first-order valence-corrected chi connectivity index (χ1v) is 6.11. The lowest BCUT2D eigenvalue weighted by atomic mass is 9.79. The lowest BCUT2D eigenvalue weighted by Gasteiger charge is -2.33. The van der Waals surface area contributed by atoms with Gasteiger partial charge in [0.1, 0.15) is 0 Å². The minimum Gasteiger partial charge on any atom is -0.466 e. The molecule has 0 amide bonds. The zero-order valence-corrected chi connectivity index (χ0v) is 9.76. The zero-order chi connectivity index (χ0) is 11.1. The van der Waals surface area contributed by atoms with Crippen LogP contribution in [0.5, 0.6) is 0 Å². The summed E-state index contributed by atoms with van der Waals surface area (Å²) < 4.78 is 4.88. The number of ether oxygens (including phenoxy) is 1. The first-order chi connectivity index (χ1) is 7.16. The number of carbonyl (C=O) groups is 1. The molecular weight excluding hydrogens is 190 g/mol. The number of hydrogen-bond donors (Lipinski definition) is 1. The highest BCUT2D eigenvalue weighted by Crippen LogP contribution is 2.29. The molecule has 0 aromatic rings. The van der Waals surface area contributed by atoms with Crippen molar-refractivity contribution in [3.8, 4) is 0 Å². The van der Waals surface area contributed by atoms with Gasteiger partial charge in [0, 0.05) is 12.0 Å². The van der Waals surface area contributed by atoms with E-state index in [1.165, 1.54) is 19.3 Å². The number of nitrogens with two attached hydrogens (primary N) is 1. The molecule has 1 aliphatic rings. The van der Waals surface area contributed by atoms with Gasteiger partial charge in [-0.2, -0.15) is 0 Å². The van der Waals surface area contributed by atoms with E-state index in [-0.39, 0.29) is 11.5 Å². The summed E-state index contributed by atoms with van der Waals surface area (Å²) in [4.78, 5) is 11.1. The van der Waals surface area contributed by atoms with Gasteiger partial charge >= 0.3 is 5.97 Å². The molecule has 0 aliphatic heterocycles. The monoisotopic (exact) mass is 213 g/mol. The second-order valence-electron chi connectivity index (χ2n) is 4.58. The molecule has 1 fully saturated rings. The molecule has 0 spiro atoms. The van der Waals surface area contributed by atoms with E-state index in [1.54, 1.807) is 0 Å². The molecule has 0 aromatic carbocycles. The van der Waals surface area contributed by atoms with E-state index in [1.807, 2.05) is 6.92 Å². The Hall–Kier alpha value is -0.570. The van der Waals surface area contributed by atoms with Crippen molar-refractivity contribution in [3.05, 3.63) is 0 Å². The van der Waals surface area contributed by atoms with Crippen LogP contribution in [0.25, 0.3) is 0 Å². The number of carbonyl (C=O) groups excluding carboxylic acids is 1. The van der Waals surface area contributed by atoms with Crippen molar-refractivity contribution in [2.45, 2.75) is 63.8 Å². The van der Waals surface area contributed by atoms with E-state index < -0.39 is 0 Å². The Bertz CT molecular complexity index is 198. The lowest BCUT2D eigenvalue weighted by Crippen LogP contribution is -2.41. The molecule has 1 saturated carbocycles. The van der Waals surface area contributed by atoms with E-state index in [0.717, 1.165) is 25.7 Å². The molecule has 0 atom stereocenters. The average molecular weight is 213 g/mol. The minimum atomic E-state index is -0.0862. The SMILES string of the molecule is CCOC(=O)CCCC1(N)CCCCC1. The minimum absolute atomic E-state index is 0.00471. The average Bonchev–Trinajstić information content (AvgIpc) is 2.19. The predicted octanol–water partition coefficient (Wildman–Crippen LogP) is 2.38. The van der Waals surface area contributed by atoms with Crippen LogP contribution in [0.1, 0.15) is 58.3 Å². The smallest absolute Gasteiger partial charge is 0.305 e. The van der Waals surface area contributed by atoms with Crippen molar-refractivity contribution in [1.29, 1.82) is 0 Å². The van der Waals surface area contributed by atoms with Crippen molar-refractivity contribution in [2.75, 3.05) is 6.61 Å². The molecule has 0 unspecified atom stereocenters. The van der Waals surface area contributed by atoms with Gasteiger partial charge in [-0.05, 0) is 32.6 Å². The van der Waals surface area contributed by atoms with Gasteiger partial charge in [-0.1, -0.05) is 19.3 Å². The summed E-state index contributed by atoms with van der Waals surface area (Å²) in [7, 11) is 0. The van der Waals surface area contributed by atoms with Crippen LogP contribution in [-0.4, -0.2) is 18.1 Å². The summed E-state index contributed by atoms with van der Waals surface area (Å²) in [5.41, 5.74) is 6.27. The van der Waals surface area contributed by atoms with Gasteiger partial charge in [0.2, 0.25) is 0 Å². The Morgan fingerprint density at radius 1 is 1.33 bits per heavy atom. The Kier molecular flexibility index (Phi) is 5.09. The van der Waals surface area contributed by atoms with E-state index in [4.69, 9.17) is 10.5 Å². The molecule has 3 heteroatoms. The molecule has 3 nitrogen and oxygen atoms in total. The third kappa shape index (κ3) is 4.65. The zero-order valence-electron chi connectivity index (χ0n) is 9.76. The first-order valence-electron chi connectivity index (χ1n) is 6.11. The van der Waals surface area contributed by atoms with Crippen LogP contribution < -0.4 is 5.73 Å². The van der Waals surface area contributed by atoms with Crippen molar-refractivity contribution < 1.29 is 9.53 Å². The van der Waals surface area contributed by atoms with Gasteiger partial charge in [-0.15, -0.1) is 0 Å². The third-order valence-corrected chi connectivity index (χ3v) is 3.21. The largest absolute Gasteiger partial charge is 0.466 e. The maximum Gasteiger partial charge on any atom is 0.305 e. The molecule has 1 rings (SSSR count). The highest BCUT2D eigenvalue weighted by Gasteiger charge is 2.26. The normalized spacial score (nSPS) is 19.9. The van der Waals surface area contributed by atoms with Crippen molar-refractivity contribution in [2.24, 2.45) is 5.73 Å². The Morgan fingerprint density at radius 3 is 2.60 bits per heavy atom. The van der Waals surface area contributed by atoms with Crippen molar-refractivity contribution in [3.63, 3.8) is 0 Å². The van der Waals surface area contributed by atoms with E-state index in [0.29, 0.717) is 13.0 Å². The first kappa shape index (κ1) is 12.5. The van der Waals surface area contributed by atoms with Gasteiger partial charge in [-0.3, -0.25) is 4.79 Å². The summed E-state index contributed by atoms with van der Waals surface area (Å²) in [5.74, 6) is -0.0862. The van der Waals surface area contributed by atoms with Crippen LogP contribution in [-0.2, 0) is 9.53 Å². The molecule has 0 saturated heterocycles. The van der Waals surface area contributed by atoms with Crippen LogP contribution in [0.4, 0.5) is 0 Å². The Balaban J connectivity index is 2.15. The number of hydrogen-bond acceptors (Lipinski definition) is 3. The topological polar surface area (TPSA) is 52.3 Å². The van der Waals surface area contributed by atoms with Crippen LogP contribution in [0, 0.1) is 0 Å². The molecular formula is C12H23NO2. The van der Waals surface area contributed by atoms with Crippen molar-refractivity contribution in [1.82, 2.24) is 0 Å². The fraction of sp³-hybridized carbons (Fsp3) is 0.917. The van der Waals surface area contributed by atoms with Crippen LogP contribution in [0.3, 0.4) is 0 Å². The summed E-state index contributed by atoms with van der Waals surface area (Å²) in [6.45, 7) is 2.32. The summed E-state index contributed by atoms with van der Waals surface area (Å²) in [6.07, 6.45) is 8.40. The van der Waals surface area contributed by atoms with Gasteiger partial charge < -0.3 is 10.5 Å². The molecule has 15 heavy (non-hydrogen) atoms. The maximum absolute atomic E-state index is 11.1. The van der Waals surface area contributed by atoms with E-state index in [2.05, 4.69) is 0 Å². The fourth-order valence-electron chi connectivity index (χ4n) is 2.32. The van der Waals surface area contributed by atoms with Gasteiger partial charge in [-0.25, -0.2) is 0 Å². The molecule has 0 aromatic heterocycles. The molecule has 0 heterocycles. The van der Waals surface area contributed by atoms with Crippen molar-refractivity contribution >= 4 is 5.97 Å².